The number of rotatable bonds is 3. The van der Waals surface area contributed by atoms with Gasteiger partial charge >= 0.3 is 0 Å². The topological polar surface area (TPSA) is 55.0 Å². The van der Waals surface area contributed by atoms with E-state index in [2.05, 4.69) is 21.8 Å². The van der Waals surface area contributed by atoms with Gasteiger partial charge < -0.3 is 5.73 Å². The number of nitrogens with zero attached hydrogens (tertiary/aromatic N) is 3. The molecule has 1 aromatic rings. The monoisotopic (exact) mass is 240 g/mol. The van der Waals surface area contributed by atoms with Crippen LogP contribution in [0.5, 0.6) is 0 Å². The molecule has 5 heteroatoms. The van der Waals surface area contributed by atoms with Gasteiger partial charge in [-0.15, -0.1) is 0 Å². The van der Waals surface area contributed by atoms with E-state index in [9.17, 15) is 0 Å². The average Bonchev–Trinajstić information content (AvgIpc) is 2.63. The first-order valence-electron chi connectivity index (χ1n) is 5.59. The van der Waals surface area contributed by atoms with Gasteiger partial charge in [0.1, 0.15) is 5.15 Å². The summed E-state index contributed by atoms with van der Waals surface area (Å²) in [6.07, 6.45) is 4.51. The summed E-state index contributed by atoms with van der Waals surface area (Å²) >= 11 is 5.70. The van der Waals surface area contributed by atoms with Crippen LogP contribution in [0.1, 0.15) is 19.0 Å². The molecule has 0 spiro atoms. The van der Waals surface area contributed by atoms with Crippen molar-refractivity contribution in [3.8, 4) is 0 Å². The summed E-state index contributed by atoms with van der Waals surface area (Å²) in [5.74, 6) is 0.621. The average molecular weight is 241 g/mol. The maximum atomic E-state index is 5.70. The van der Waals surface area contributed by atoms with Crippen molar-refractivity contribution in [2.75, 3.05) is 13.1 Å². The molecule has 1 aliphatic rings. The molecule has 2 atom stereocenters. The predicted molar refractivity (Wildman–Crippen MR) is 64.1 cm³/mol. The Morgan fingerprint density at radius 2 is 2.31 bits per heavy atom. The second kappa shape index (κ2) is 5.08. The highest BCUT2D eigenvalue weighted by atomic mass is 35.5. The molecule has 1 saturated heterocycles. The summed E-state index contributed by atoms with van der Waals surface area (Å²) in [4.78, 5) is 10.7. The number of hydrogen-bond acceptors (Lipinski definition) is 4. The molecule has 1 fully saturated rings. The summed E-state index contributed by atoms with van der Waals surface area (Å²) in [5.41, 5.74) is 6.67. The molecule has 1 aliphatic heterocycles. The maximum Gasteiger partial charge on any atom is 0.147 e. The molecule has 0 aliphatic carbocycles. The first-order chi connectivity index (χ1) is 7.69. The Morgan fingerprint density at radius 3 is 2.88 bits per heavy atom. The Morgan fingerprint density at radius 1 is 1.50 bits per heavy atom. The van der Waals surface area contributed by atoms with Crippen molar-refractivity contribution in [1.82, 2.24) is 14.9 Å². The Labute approximate surface area is 101 Å². The number of halogens is 1. The SMILES string of the molecule is CC1CC(CN)CN1Cc1cnc(Cl)cn1. The second-order valence-corrected chi connectivity index (χ2v) is 4.83. The molecule has 2 N–H and O–H groups in total. The van der Waals surface area contributed by atoms with E-state index in [1.807, 2.05) is 0 Å². The molecule has 4 nitrogen and oxygen atoms in total. The molecular weight excluding hydrogens is 224 g/mol. The van der Waals surface area contributed by atoms with E-state index < -0.39 is 0 Å². The summed E-state index contributed by atoms with van der Waals surface area (Å²) < 4.78 is 0. The molecule has 0 amide bonds. The standard InChI is InChI=1S/C11H17ClN4/c1-8-2-9(3-13)6-16(8)7-10-4-15-11(12)5-14-10/h4-5,8-9H,2-3,6-7,13H2,1H3. The fraction of sp³-hybridized carbons (Fsp3) is 0.636. The molecule has 0 saturated carbocycles. The Bertz CT molecular complexity index is 340. The minimum atomic E-state index is 0.443. The number of hydrogen-bond donors (Lipinski definition) is 1. The van der Waals surface area contributed by atoms with E-state index in [4.69, 9.17) is 17.3 Å². The summed E-state index contributed by atoms with van der Waals surface area (Å²) in [6.45, 7) is 4.90. The van der Waals surface area contributed by atoms with Gasteiger partial charge in [-0.2, -0.15) is 0 Å². The third kappa shape index (κ3) is 2.70. The van der Waals surface area contributed by atoms with Gasteiger partial charge in [-0.05, 0) is 25.8 Å². The van der Waals surface area contributed by atoms with Gasteiger partial charge in [0.15, 0.2) is 0 Å². The smallest absolute Gasteiger partial charge is 0.147 e. The fourth-order valence-electron chi connectivity index (χ4n) is 2.24. The third-order valence-corrected chi connectivity index (χ3v) is 3.36. The summed E-state index contributed by atoms with van der Waals surface area (Å²) in [5, 5.41) is 0.443. The Hall–Kier alpha value is -0.710. The van der Waals surface area contributed by atoms with Crippen LogP contribution in [-0.2, 0) is 6.54 Å². The van der Waals surface area contributed by atoms with Gasteiger partial charge in [0.05, 0.1) is 18.1 Å². The van der Waals surface area contributed by atoms with Crippen LogP contribution in [-0.4, -0.2) is 34.0 Å². The van der Waals surface area contributed by atoms with E-state index >= 15 is 0 Å². The van der Waals surface area contributed by atoms with Crippen LogP contribution in [0.15, 0.2) is 12.4 Å². The van der Waals surface area contributed by atoms with Crippen molar-refractivity contribution >= 4 is 11.6 Å². The molecule has 0 aromatic carbocycles. The van der Waals surface area contributed by atoms with Crippen LogP contribution in [0.25, 0.3) is 0 Å². The maximum absolute atomic E-state index is 5.70. The normalized spacial score (nSPS) is 26.2. The lowest BCUT2D eigenvalue weighted by Crippen LogP contribution is -2.27. The van der Waals surface area contributed by atoms with Gasteiger partial charge in [0.25, 0.3) is 0 Å². The van der Waals surface area contributed by atoms with E-state index in [-0.39, 0.29) is 0 Å². The van der Waals surface area contributed by atoms with Crippen molar-refractivity contribution in [2.45, 2.75) is 25.9 Å². The van der Waals surface area contributed by atoms with E-state index in [0.717, 1.165) is 25.3 Å². The highest BCUT2D eigenvalue weighted by Crippen LogP contribution is 2.23. The minimum absolute atomic E-state index is 0.443. The third-order valence-electron chi connectivity index (χ3n) is 3.16. The quantitative estimate of drug-likeness (QED) is 0.866. The van der Waals surface area contributed by atoms with Crippen LogP contribution in [0.4, 0.5) is 0 Å². The van der Waals surface area contributed by atoms with Crippen LogP contribution >= 0.6 is 11.6 Å². The van der Waals surface area contributed by atoms with Crippen LogP contribution in [0.2, 0.25) is 5.15 Å². The van der Waals surface area contributed by atoms with Crippen molar-refractivity contribution in [1.29, 1.82) is 0 Å². The number of aromatic nitrogens is 2. The number of likely N-dealkylation sites (tertiary alicyclic amines) is 1. The first kappa shape index (κ1) is 11.8. The lowest BCUT2D eigenvalue weighted by Gasteiger charge is -2.20. The van der Waals surface area contributed by atoms with Crippen LogP contribution < -0.4 is 5.73 Å². The predicted octanol–water partition coefficient (Wildman–Crippen LogP) is 1.30. The lowest BCUT2D eigenvalue weighted by molar-refractivity contribution is 0.252. The summed E-state index contributed by atoms with van der Waals surface area (Å²) in [7, 11) is 0. The molecule has 2 heterocycles. The van der Waals surface area contributed by atoms with Gasteiger partial charge in [-0.25, -0.2) is 4.98 Å². The highest BCUT2D eigenvalue weighted by Gasteiger charge is 2.28. The van der Waals surface area contributed by atoms with Crippen LogP contribution in [0.3, 0.4) is 0 Å². The molecular formula is C11H17ClN4. The van der Waals surface area contributed by atoms with Crippen molar-refractivity contribution < 1.29 is 0 Å². The highest BCUT2D eigenvalue weighted by molar-refractivity contribution is 6.29. The zero-order valence-corrected chi connectivity index (χ0v) is 10.2. The molecule has 2 unspecified atom stereocenters. The zero-order chi connectivity index (χ0) is 11.5. The largest absolute Gasteiger partial charge is 0.330 e. The molecule has 2 rings (SSSR count). The fourth-order valence-corrected chi connectivity index (χ4v) is 2.34. The van der Waals surface area contributed by atoms with Gasteiger partial charge in [0.2, 0.25) is 0 Å². The molecule has 0 bridgehead atoms. The summed E-state index contributed by atoms with van der Waals surface area (Å²) in [6, 6.07) is 0.575. The molecule has 1 aromatic heterocycles. The Balaban J connectivity index is 1.97. The Kier molecular flexibility index (Phi) is 3.74. The second-order valence-electron chi connectivity index (χ2n) is 4.45. The molecule has 0 radical (unpaired) electrons. The van der Waals surface area contributed by atoms with Crippen molar-refractivity contribution in [3.05, 3.63) is 23.2 Å². The first-order valence-corrected chi connectivity index (χ1v) is 5.97. The van der Waals surface area contributed by atoms with Gasteiger partial charge in [-0.1, -0.05) is 11.6 Å². The van der Waals surface area contributed by atoms with E-state index in [1.54, 1.807) is 12.4 Å². The lowest BCUT2D eigenvalue weighted by atomic mass is 10.1. The van der Waals surface area contributed by atoms with Crippen molar-refractivity contribution in [3.63, 3.8) is 0 Å². The molecule has 88 valence electrons. The van der Waals surface area contributed by atoms with Gasteiger partial charge in [-0.3, -0.25) is 9.88 Å². The minimum Gasteiger partial charge on any atom is -0.330 e. The van der Waals surface area contributed by atoms with Crippen molar-refractivity contribution in [2.24, 2.45) is 11.7 Å². The van der Waals surface area contributed by atoms with E-state index in [1.165, 1.54) is 6.42 Å². The number of nitrogens with two attached hydrogens (primary N) is 1. The van der Waals surface area contributed by atoms with Gasteiger partial charge in [0, 0.05) is 19.1 Å². The zero-order valence-electron chi connectivity index (χ0n) is 9.43. The molecule has 16 heavy (non-hydrogen) atoms. The van der Waals surface area contributed by atoms with Crippen LogP contribution in [0, 0.1) is 5.92 Å². The van der Waals surface area contributed by atoms with E-state index in [0.29, 0.717) is 17.1 Å².